The molecule has 13 heavy (non-hydrogen) atoms. The smallest absolute Gasteiger partial charge is 0.297 e. The topological polar surface area (TPSA) is 41.3 Å². The SMILES string of the molecule is CCNCc1coc(N(C)CC)n1. The molecule has 1 aromatic rings. The zero-order chi connectivity index (χ0) is 9.68. The molecule has 0 saturated carbocycles. The lowest BCUT2D eigenvalue weighted by atomic mass is 10.5. The number of hydrogen-bond donors (Lipinski definition) is 1. The van der Waals surface area contributed by atoms with E-state index in [1.165, 1.54) is 0 Å². The third-order valence-electron chi connectivity index (χ3n) is 1.90. The molecule has 0 aliphatic rings. The van der Waals surface area contributed by atoms with Gasteiger partial charge in [-0.1, -0.05) is 6.92 Å². The van der Waals surface area contributed by atoms with Crippen molar-refractivity contribution in [2.24, 2.45) is 0 Å². The van der Waals surface area contributed by atoms with Crippen molar-refractivity contribution in [3.63, 3.8) is 0 Å². The number of hydrogen-bond acceptors (Lipinski definition) is 4. The second-order valence-electron chi connectivity index (χ2n) is 2.92. The van der Waals surface area contributed by atoms with Crippen molar-refractivity contribution in [3.05, 3.63) is 12.0 Å². The second kappa shape index (κ2) is 4.87. The molecule has 4 heteroatoms. The van der Waals surface area contributed by atoms with Crippen LogP contribution >= 0.6 is 0 Å². The molecule has 0 fully saturated rings. The van der Waals surface area contributed by atoms with Gasteiger partial charge < -0.3 is 14.6 Å². The molecule has 0 spiro atoms. The average Bonchev–Trinajstić information content (AvgIpc) is 2.62. The van der Waals surface area contributed by atoms with E-state index in [4.69, 9.17) is 4.42 Å². The molecule has 74 valence electrons. The third-order valence-corrected chi connectivity index (χ3v) is 1.90. The van der Waals surface area contributed by atoms with Crippen LogP contribution < -0.4 is 10.2 Å². The number of aromatic nitrogens is 1. The molecule has 0 amide bonds. The van der Waals surface area contributed by atoms with Gasteiger partial charge in [0.2, 0.25) is 0 Å². The van der Waals surface area contributed by atoms with Crippen molar-refractivity contribution in [2.75, 3.05) is 25.0 Å². The van der Waals surface area contributed by atoms with Gasteiger partial charge in [-0.2, -0.15) is 4.98 Å². The molecule has 1 N–H and O–H groups in total. The van der Waals surface area contributed by atoms with Crippen LogP contribution in [-0.2, 0) is 6.54 Å². The van der Waals surface area contributed by atoms with Crippen LogP contribution in [0, 0.1) is 0 Å². The summed E-state index contributed by atoms with van der Waals surface area (Å²) in [6.45, 7) is 6.76. The van der Waals surface area contributed by atoms with Gasteiger partial charge in [-0.3, -0.25) is 0 Å². The second-order valence-corrected chi connectivity index (χ2v) is 2.92. The van der Waals surface area contributed by atoms with Crippen molar-refractivity contribution in [1.82, 2.24) is 10.3 Å². The van der Waals surface area contributed by atoms with Crippen LogP contribution in [0.25, 0.3) is 0 Å². The number of nitrogens with zero attached hydrogens (tertiary/aromatic N) is 2. The Morgan fingerprint density at radius 3 is 2.92 bits per heavy atom. The van der Waals surface area contributed by atoms with E-state index in [1.807, 2.05) is 11.9 Å². The highest BCUT2D eigenvalue weighted by Gasteiger charge is 2.05. The molecule has 0 aliphatic heterocycles. The zero-order valence-corrected chi connectivity index (χ0v) is 8.50. The summed E-state index contributed by atoms with van der Waals surface area (Å²) in [5, 5.41) is 3.19. The Balaban J connectivity index is 2.53. The fourth-order valence-electron chi connectivity index (χ4n) is 0.941. The summed E-state index contributed by atoms with van der Waals surface area (Å²) in [6.07, 6.45) is 1.70. The van der Waals surface area contributed by atoms with Crippen molar-refractivity contribution >= 4 is 6.01 Å². The van der Waals surface area contributed by atoms with Crippen LogP contribution in [0.3, 0.4) is 0 Å². The Kier molecular flexibility index (Phi) is 3.76. The van der Waals surface area contributed by atoms with Crippen LogP contribution in [0.5, 0.6) is 0 Å². The van der Waals surface area contributed by atoms with Crippen LogP contribution in [0.1, 0.15) is 19.5 Å². The maximum absolute atomic E-state index is 5.29. The summed E-state index contributed by atoms with van der Waals surface area (Å²) in [6, 6.07) is 0.690. The van der Waals surface area contributed by atoms with Crippen LogP contribution in [-0.4, -0.2) is 25.1 Å². The highest BCUT2D eigenvalue weighted by Crippen LogP contribution is 2.10. The van der Waals surface area contributed by atoms with E-state index in [1.54, 1.807) is 6.26 Å². The summed E-state index contributed by atoms with van der Waals surface area (Å²) >= 11 is 0. The van der Waals surface area contributed by atoms with Gasteiger partial charge in [-0.05, 0) is 13.5 Å². The number of anilines is 1. The van der Waals surface area contributed by atoms with Gasteiger partial charge >= 0.3 is 0 Å². The maximum Gasteiger partial charge on any atom is 0.297 e. The van der Waals surface area contributed by atoms with Gasteiger partial charge in [0.15, 0.2) is 0 Å². The summed E-state index contributed by atoms with van der Waals surface area (Å²) < 4.78 is 5.29. The summed E-state index contributed by atoms with van der Waals surface area (Å²) in [5.74, 6) is 0. The minimum Gasteiger partial charge on any atom is -0.432 e. The van der Waals surface area contributed by atoms with E-state index in [0.717, 1.165) is 25.3 Å². The first-order chi connectivity index (χ1) is 6.27. The maximum atomic E-state index is 5.29. The normalized spacial score (nSPS) is 10.4. The monoisotopic (exact) mass is 183 g/mol. The first-order valence-corrected chi connectivity index (χ1v) is 4.64. The highest BCUT2D eigenvalue weighted by atomic mass is 16.4. The molecular weight excluding hydrogens is 166 g/mol. The minimum absolute atomic E-state index is 0.690. The lowest BCUT2D eigenvalue weighted by molar-refractivity contribution is 0.546. The van der Waals surface area contributed by atoms with Crippen molar-refractivity contribution in [2.45, 2.75) is 20.4 Å². The third kappa shape index (κ3) is 2.73. The predicted molar refractivity (Wildman–Crippen MR) is 52.8 cm³/mol. The van der Waals surface area contributed by atoms with Gasteiger partial charge in [0.1, 0.15) is 6.26 Å². The predicted octanol–water partition coefficient (Wildman–Crippen LogP) is 1.24. The fourth-order valence-corrected chi connectivity index (χ4v) is 0.941. The van der Waals surface area contributed by atoms with Crippen molar-refractivity contribution < 1.29 is 4.42 Å². The Bertz CT molecular complexity index is 247. The first-order valence-electron chi connectivity index (χ1n) is 4.64. The van der Waals surface area contributed by atoms with E-state index >= 15 is 0 Å². The van der Waals surface area contributed by atoms with E-state index in [2.05, 4.69) is 24.1 Å². The number of nitrogens with one attached hydrogen (secondary N) is 1. The van der Waals surface area contributed by atoms with Crippen LogP contribution in [0.15, 0.2) is 10.7 Å². The zero-order valence-electron chi connectivity index (χ0n) is 8.50. The molecule has 0 bridgehead atoms. The van der Waals surface area contributed by atoms with Crippen LogP contribution in [0.4, 0.5) is 6.01 Å². The molecule has 0 radical (unpaired) electrons. The van der Waals surface area contributed by atoms with Gasteiger partial charge in [0.05, 0.1) is 5.69 Å². The fraction of sp³-hybridized carbons (Fsp3) is 0.667. The quantitative estimate of drug-likeness (QED) is 0.745. The molecule has 1 rings (SSSR count). The largest absolute Gasteiger partial charge is 0.432 e. The number of oxazole rings is 1. The lowest BCUT2D eigenvalue weighted by Gasteiger charge is -2.09. The molecule has 4 nitrogen and oxygen atoms in total. The molecule has 1 aromatic heterocycles. The van der Waals surface area contributed by atoms with E-state index in [0.29, 0.717) is 6.01 Å². The van der Waals surface area contributed by atoms with Crippen LogP contribution in [0.2, 0.25) is 0 Å². The van der Waals surface area contributed by atoms with E-state index in [9.17, 15) is 0 Å². The summed E-state index contributed by atoms with van der Waals surface area (Å²) in [4.78, 5) is 6.28. The molecular formula is C9H17N3O. The Morgan fingerprint density at radius 2 is 2.31 bits per heavy atom. The molecule has 0 atom stereocenters. The van der Waals surface area contributed by atoms with Crippen molar-refractivity contribution in [1.29, 1.82) is 0 Å². The minimum atomic E-state index is 0.690. The van der Waals surface area contributed by atoms with E-state index in [-0.39, 0.29) is 0 Å². The molecule has 0 saturated heterocycles. The Morgan fingerprint density at radius 1 is 1.54 bits per heavy atom. The highest BCUT2D eigenvalue weighted by molar-refractivity contribution is 5.24. The standard InChI is InChI=1S/C9H17N3O/c1-4-10-6-8-7-13-9(11-8)12(3)5-2/h7,10H,4-6H2,1-3H3. The number of rotatable bonds is 5. The Labute approximate surface area is 78.9 Å². The summed E-state index contributed by atoms with van der Waals surface area (Å²) in [7, 11) is 1.96. The molecule has 0 aromatic carbocycles. The van der Waals surface area contributed by atoms with Gasteiger partial charge in [-0.15, -0.1) is 0 Å². The average molecular weight is 183 g/mol. The van der Waals surface area contributed by atoms with Gasteiger partial charge in [0, 0.05) is 20.1 Å². The lowest BCUT2D eigenvalue weighted by Crippen LogP contribution is -2.16. The molecule has 0 unspecified atom stereocenters. The summed E-state index contributed by atoms with van der Waals surface area (Å²) in [5.41, 5.74) is 0.956. The first kappa shape index (κ1) is 10.1. The molecule has 0 aliphatic carbocycles. The van der Waals surface area contributed by atoms with Crippen molar-refractivity contribution in [3.8, 4) is 0 Å². The molecule has 1 heterocycles. The van der Waals surface area contributed by atoms with Gasteiger partial charge in [0.25, 0.3) is 6.01 Å². The Hall–Kier alpha value is -1.03. The van der Waals surface area contributed by atoms with Gasteiger partial charge in [-0.25, -0.2) is 0 Å². The van der Waals surface area contributed by atoms with E-state index < -0.39 is 0 Å².